The fraction of sp³-hybridized carbons (Fsp3) is 0.222. The number of fused-ring (bicyclic) bond motifs is 1. The number of nitrogens with zero attached hydrogens (tertiary/aromatic N) is 2. The van der Waals surface area contributed by atoms with Gasteiger partial charge in [-0.1, -0.05) is 26.0 Å². The molecule has 0 spiro atoms. The molecule has 0 fully saturated rings. The molecule has 118 valence electrons. The van der Waals surface area contributed by atoms with Gasteiger partial charge in [-0.05, 0) is 41.3 Å². The number of hydrogen-bond acceptors (Lipinski definition) is 2. The Morgan fingerprint density at radius 1 is 1.22 bits per heavy atom. The number of carbonyl (C=O) groups excluding carboxylic acids is 1. The molecule has 0 radical (unpaired) electrons. The highest BCUT2D eigenvalue weighted by atomic mass is 19.1. The fourth-order valence-electron chi connectivity index (χ4n) is 2.33. The smallest absolute Gasteiger partial charge is 0.271 e. The molecule has 2 heterocycles. The first-order valence-electron chi connectivity index (χ1n) is 7.56. The number of aromatic nitrogens is 2. The monoisotopic (exact) mass is 311 g/mol. The molecule has 0 aliphatic rings. The maximum atomic E-state index is 13.4. The molecule has 3 aromatic rings. The van der Waals surface area contributed by atoms with E-state index in [1.807, 2.05) is 38.2 Å². The first kappa shape index (κ1) is 15.2. The van der Waals surface area contributed by atoms with Gasteiger partial charge in [-0.15, -0.1) is 0 Å². The molecule has 1 aromatic carbocycles. The van der Waals surface area contributed by atoms with Crippen molar-refractivity contribution in [2.45, 2.75) is 13.8 Å². The van der Waals surface area contributed by atoms with Crippen LogP contribution in [0, 0.1) is 11.7 Å². The molecule has 0 unspecified atom stereocenters. The molecule has 2 aromatic heterocycles. The lowest BCUT2D eigenvalue weighted by molar-refractivity contribution is 0.0944. The summed E-state index contributed by atoms with van der Waals surface area (Å²) in [5, 5.41) is 2.85. The van der Waals surface area contributed by atoms with Gasteiger partial charge in [0.15, 0.2) is 0 Å². The van der Waals surface area contributed by atoms with Crippen molar-refractivity contribution in [3.05, 3.63) is 60.3 Å². The number of carbonyl (C=O) groups is 1. The highest BCUT2D eigenvalue weighted by Gasteiger charge is 2.11. The van der Waals surface area contributed by atoms with Gasteiger partial charge in [-0.2, -0.15) is 0 Å². The number of benzene rings is 1. The number of halogens is 1. The van der Waals surface area contributed by atoms with Crippen LogP contribution in [0.5, 0.6) is 0 Å². The van der Waals surface area contributed by atoms with Gasteiger partial charge in [-0.25, -0.2) is 9.37 Å². The number of hydrogen-bond donors (Lipinski definition) is 1. The van der Waals surface area contributed by atoms with E-state index < -0.39 is 0 Å². The Bertz CT molecular complexity index is 854. The molecule has 0 aliphatic carbocycles. The van der Waals surface area contributed by atoms with Gasteiger partial charge < -0.3 is 9.72 Å². The fourth-order valence-corrected chi connectivity index (χ4v) is 2.33. The van der Waals surface area contributed by atoms with E-state index in [1.165, 1.54) is 12.1 Å². The average molecular weight is 311 g/mol. The van der Waals surface area contributed by atoms with Crippen molar-refractivity contribution in [1.29, 1.82) is 0 Å². The van der Waals surface area contributed by atoms with E-state index in [0.717, 1.165) is 11.1 Å². The van der Waals surface area contributed by atoms with Gasteiger partial charge >= 0.3 is 0 Å². The molecule has 0 saturated heterocycles. The summed E-state index contributed by atoms with van der Waals surface area (Å²) >= 11 is 0. The zero-order chi connectivity index (χ0) is 16.4. The Balaban J connectivity index is 1.90. The van der Waals surface area contributed by atoms with Crippen LogP contribution in [0.25, 0.3) is 16.8 Å². The standard InChI is InChI=1S/C18H18FN3O/c1-12(2)9-20-18(23)16-11-22-10-14(6-7-17(22)21-16)13-4-3-5-15(19)8-13/h3-8,10-12H,9H2,1-2H3,(H,20,23). The average Bonchev–Trinajstić information content (AvgIpc) is 2.95. The maximum absolute atomic E-state index is 13.4. The van der Waals surface area contributed by atoms with Crippen molar-refractivity contribution in [2.75, 3.05) is 6.54 Å². The summed E-state index contributed by atoms with van der Waals surface area (Å²) in [5.74, 6) is -0.0766. The highest BCUT2D eigenvalue weighted by molar-refractivity contribution is 5.92. The Kier molecular flexibility index (Phi) is 4.10. The second kappa shape index (κ2) is 6.20. The normalized spacial score (nSPS) is 11.1. The summed E-state index contributed by atoms with van der Waals surface area (Å²) < 4.78 is 15.1. The van der Waals surface area contributed by atoms with Crippen molar-refractivity contribution in [2.24, 2.45) is 5.92 Å². The Labute approximate surface area is 134 Å². The predicted octanol–water partition coefficient (Wildman–Crippen LogP) is 3.53. The second-order valence-electron chi connectivity index (χ2n) is 5.92. The zero-order valence-corrected chi connectivity index (χ0v) is 13.1. The van der Waals surface area contributed by atoms with Crippen LogP contribution in [0.3, 0.4) is 0 Å². The van der Waals surface area contributed by atoms with Crippen LogP contribution >= 0.6 is 0 Å². The zero-order valence-electron chi connectivity index (χ0n) is 13.1. The van der Waals surface area contributed by atoms with Crippen molar-refractivity contribution in [3.8, 4) is 11.1 Å². The summed E-state index contributed by atoms with van der Waals surface area (Å²) in [7, 11) is 0. The number of rotatable bonds is 4. The second-order valence-corrected chi connectivity index (χ2v) is 5.92. The van der Waals surface area contributed by atoms with E-state index in [4.69, 9.17) is 0 Å². The molecule has 5 heteroatoms. The predicted molar refractivity (Wildman–Crippen MR) is 87.8 cm³/mol. The van der Waals surface area contributed by atoms with Crippen LogP contribution in [-0.2, 0) is 0 Å². The maximum Gasteiger partial charge on any atom is 0.271 e. The summed E-state index contributed by atoms with van der Waals surface area (Å²) in [6.45, 7) is 4.69. The Hall–Kier alpha value is -2.69. The topological polar surface area (TPSA) is 46.4 Å². The molecule has 1 amide bonds. The largest absolute Gasteiger partial charge is 0.350 e. The number of imidazole rings is 1. The molecule has 4 nitrogen and oxygen atoms in total. The molecule has 23 heavy (non-hydrogen) atoms. The van der Waals surface area contributed by atoms with Gasteiger partial charge in [0.1, 0.15) is 17.2 Å². The van der Waals surface area contributed by atoms with Crippen LogP contribution in [0.4, 0.5) is 4.39 Å². The van der Waals surface area contributed by atoms with E-state index in [2.05, 4.69) is 10.3 Å². The third kappa shape index (κ3) is 3.39. The first-order valence-corrected chi connectivity index (χ1v) is 7.56. The first-order chi connectivity index (χ1) is 11.0. The van der Waals surface area contributed by atoms with Crippen molar-refractivity contribution >= 4 is 11.6 Å². The number of pyridine rings is 1. The lowest BCUT2D eigenvalue weighted by Gasteiger charge is -2.04. The van der Waals surface area contributed by atoms with E-state index in [-0.39, 0.29) is 11.7 Å². The quantitative estimate of drug-likeness (QED) is 0.801. The minimum Gasteiger partial charge on any atom is -0.350 e. The van der Waals surface area contributed by atoms with Crippen molar-refractivity contribution in [3.63, 3.8) is 0 Å². The number of nitrogens with one attached hydrogen (secondary N) is 1. The van der Waals surface area contributed by atoms with Crippen molar-refractivity contribution < 1.29 is 9.18 Å². The van der Waals surface area contributed by atoms with Crippen LogP contribution in [0.15, 0.2) is 48.8 Å². The molecule has 1 N–H and O–H groups in total. The molecule has 0 saturated carbocycles. The third-order valence-electron chi connectivity index (χ3n) is 3.51. The van der Waals surface area contributed by atoms with Gasteiger partial charge in [0.05, 0.1) is 0 Å². The molecular weight excluding hydrogens is 293 g/mol. The Morgan fingerprint density at radius 3 is 2.78 bits per heavy atom. The molecule has 3 rings (SSSR count). The molecular formula is C18H18FN3O. The minimum atomic E-state index is -0.276. The molecule has 0 atom stereocenters. The lowest BCUT2D eigenvalue weighted by Crippen LogP contribution is -2.27. The molecule has 0 aliphatic heterocycles. The summed E-state index contributed by atoms with van der Waals surface area (Å²) in [4.78, 5) is 16.4. The summed E-state index contributed by atoms with van der Waals surface area (Å²) in [5.41, 5.74) is 2.71. The van der Waals surface area contributed by atoms with E-state index in [1.54, 1.807) is 16.7 Å². The van der Waals surface area contributed by atoms with Gasteiger partial charge in [0.2, 0.25) is 0 Å². The molecule has 0 bridgehead atoms. The summed E-state index contributed by atoms with van der Waals surface area (Å²) in [6, 6.07) is 10.1. The Morgan fingerprint density at radius 2 is 2.04 bits per heavy atom. The van der Waals surface area contributed by atoms with E-state index >= 15 is 0 Å². The van der Waals surface area contributed by atoms with Gasteiger partial charge in [0.25, 0.3) is 5.91 Å². The SMILES string of the molecule is CC(C)CNC(=O)c1cn2cc(-c3cccc(F)c3)ccc2n1. The van der Waals surface area contributed by atoms with Crippen LogP contribution in [0.2, 0.25) is 0 Å². The van der Waals surface area contributed by atoms with Gasteiger partial charge in [-0.3, -0.25) is 4.79 Å². The highest BCUT2D eigenvalue weighted by Crippen LogP contribution is 2.21. The van der Waals surface area contributed by atoms with E-state index in [0.29, 0.717) is 23.8 Å². The van der Waals surface area contributed by atoms with Crippen LogP contribution in [-0.4, -0.2) is 21.8 Å². The summed E-state index contributed by atoms with van der Waals surface area (Å²) in [6.07, 6.45) is 3.53. The van der Waals surface area contributed by atoms with Crippen LogP contribution in [0.1, 0.15) is 24.3 Å². The van der Waals surface area contributed by atoms with E-state index in [9.17, 15) is 9.18 Å². The van der Waals surface area contributed by atoms with Crippen molar-refractivity contribution in [1.82, 2.24) is 14.7 Å². The third-order valence-corrected chi connectivity index (χ3v) is 3.51. The minimum absolute atomic E-state index is 0.185. The van der Waals surface area contributed by atoms with Gasteiger partial charge in [0, 0.05) is 18.9 Å². The van der Waals surface area contributed by atoms with Crippen LogP contribution < -0.4 is 5.32 Å². The lowest BCUT2D eigenvalue weighted by atomic mass is 10.1. The number of amides is 1.